The third-order valence-electron chi connectivity index (χ3n) is 7.24. The molecule has 4 aromatic rings. The lowest BCUT2D eigenvalue weighted by molar-refractivity contribution is -0.0836. The first kappa shape index (κ1) is 39.4. The van der Waals surface area contributed by atoms with Crippen molar-refractivity contribution in [1.29, 1.82) is 0 Å². The van der Waals surface area contributed by atoms with Gasteiger partial charge >= 0.3 is 23.9 Å². The molecule has 0 fully saturated rings. The maximum absolute atomic E-state index is 12.9. The van der Waals surface area contributed by atoms with Crippen molar-refractivity contribution >= 4 is 23.9 Å². The molecule has 0 saturated carbocycles. The van der Waals surface area contributed by atoms with Gasteiger partial charge in [-0.15, -0.1) is 0 Å². The fraction of sp³-hybridized carbons (Fsp3) is 0.300. The highest BCUT2D eigenvalue weighted by Crippen LogP contribution is 2.11. The monoisotopic (exact) mass is 714 g/mol. The van der Waals surface area contributed by atoms with Crippen LogP contribution in [0, 0.1) is 0 Å². The Kier molecular flexibility index (Phi) is 16.5. The van der Waals surface area contributed by atoms with Crippen molar-refractivity contribution in [3.63, 3.8) is 0 Å². The summed E-state index contributed by atoms with van der Waals surface area (Å²) in [5.41, 5.74) is 1.36. The summed E-state index contributed by atoms with van der Waals surface area (Å²) in [6, 6.07) is 33.6. The third-order valence-corrected chi connectivity index (χ3v) is 7.24. The molecule has 0 saturated heterocycles. The van der Waals surface area contributed by atoms with E-state index >= 15 is 0 Å². The Labute approximate surface area is 302 Å². The van der Waals surface area contributed by atoms with Gasteiger partial charge < -0.3 is 38.3 Å². The maximum atomic E-state index is 12.9. The van der Waals surface area contributed by atoms with Gasteiger partial charge in [0.1, 0.15) is 24.4 Å². The van der Waals surface area contributed by atoms with E-state index in [-0.39, 0.29) is 39.6 Å². The molecule has 0 amide bonds. The highest BCUT2D eigenvalue weighted by atomic mass is 16.6. The van der Waals surface area contributed by atoms with E-state index in [2.05, 4.69) is 0 Å². The number of carbonyl (C=O) groups is 4. The van der Waals surface area contributed by atoms with Crippen LogP contribution < -0.4 is 0 Å². The van der Waals surface area contributed by atoms with Crippen LogP contribution in [0.25, 0.3) is 0 Å². The van der Waals surface area contributed by atoms with Crippen LogP contribution in [-0.4, -0.2) is 99.6 Å². The molecule has 0 bridgehead atoms. The second kappa shape index (κ2) is 21.7. The molecule has 52 heavy (non-hydrogen) atoms. The summed E-state index contributed by atoms with van der Waals surface area (Å²) in [6.45, 7) is 0.423. The van der Waals surface area contributed by atoms with Crippen molar-refractivity contribution in [2.24, 2.45) is 0 Å². The lowest BCUT2D eigenvalue weighted by Crippen LogP contribution is -2.35. The van der Waals surface area contributed by atoms with Gasteiger partial charge in [0.2, 0.25) is 0 Å². The van der Waals surface area contributed by atoms with Crippen molar-refractivity contribution < 1.29 is 57.4 Å². The number of aliphatic hydroxyl groups excluding tert-OH is 1. The zero-order chi connectivity index (χ0) is 37.0. The zero-order valence-electron chi connectivity index (χ0n) is 28.7. The van der Waals surface area contributed by atoms with E-state index in [1.165, 1.54) is 0 Å². The van der Waals surface area contributed by atoms with E-state index in [1.54, 1.807) is 128 Å². The molecule has 0 aromatic heterocycles. The summed E-state index contributed by atoms with van der Waals surface area (Å²) in [7, 11) is 0. The molecular weight excluding hydrogens is 672 g/mol. The summed E-state index contributed by atoms with van der Waals surface area (Å²) in [4.78, 5) is 50.7. The van der Waals surface area contributed by atoms with Crippen molar-refractivity contribution in [3.05, 3.63) is 144 Å². The predicted molar refractivity (Wildman–Crippen MR) is 188 cm³/mol. The highest BCUT2D eigenvalue weighted by molar-refractivity contribution is 5.90. The van der Waals surface area contributed by atoms with Crippen molar-refractivity contribution in [2.75, 3.05) is 46.2 Å². The van der Waals surface area contributed by atoms with E-state index in [0.29, 0.717) is 22.3 Å². The minimum Gasteiger partial charge on any atom is -0.457 e. The van der Waals surface area contributed by atoms with Crippen LogP contribution in [0.1, 0.15) is 48.4 Å². The summed E-state index contributed by atoms with van der Waals surface area (Å²) in [5, 5.41) is 9.79. The van der Waals surface area contributed by atoms with Gasteiger partial charge in [-0.05, 0) is 55.5 Å². The molecule has 12 nitrogen and oxygen atoms in total. The zero-order valence-corrected chi connectivity index (χ0v) is 28.7. The number of hydrogen-bond donors (Lipinski definition) is 1. The normalized spacial score (nSPS) is 13.2. The van der Waals surface area contributed by atoms with Gasteiger partial charge in [-0.2, -0.15) is 0 Å². The molecule has 0 heterocycles. The van der Waals surface area contributed by atoms with Crippen LogP contribution >= 0.6 is 0 Å². The highest BCUT2D eigenvalue weighted by Gasteiger charge is 2.23. The second-order valence-electron chi connectivity index (χ2n) is 11.6. The molecule has 0 aliphatic rings. The fourth-order valence-corrected chi connectivity index (χ4v) is 4.62. The van der Waals surface area contributed by atoms with Gasteiger partial charge in [0, 0.05) is 0 Å². The van der Waals surface area contributed by atoms with Crippen LogP contribution in [0.15, 0.2) is 121 Å². The first-order valence-electron chi connectivity index (χ1n) is 16.7. The Morgan fingerprint density at radius 3 is 1.02 bits per heavy atom. The van der Waals surface area contributed by atoms with E-state index in [4.69, 9.17) is 33.2 Å². The summed E-state index contributed by atoms with van der Waals surface area (Å²) < 4.78 is 39.5. The molecule has 4 unspecified atom stereocenters. The second-order valence-corrected chi connectivity index (χ2v) is 11.6. The van der Waals surface area contributed by atoms with Gasteiger partial charge in [0.25, 0.3) is 0 Å². The number of aliphatic hydroxyl groups is 1. The first-order valence-corrected chi connectivity index (χ1v) is 16.7. The van der Waals surface area contributed by atoms with Crippen LogP contribution in [-0.2, 0) is 33.2 Å². The Morgan fingerprint density at radius 2 is 0.692 bits per heavy atom. The Hall–Kier alpha value is -5.40. The molecule has 1 N–H and O–H groups in total. The van der Waals surface area contributed by atoms with E-state index in [9.17, 15) is 24.3 Å². The minimum atomic E-state index is -0.979. The fourth-order valence-electron chi connectivity index (χ4n) is 4.62. The number of carbonyl (C=O) groups excluding carboxylic acids is 4. The minimum absolute atomic E-state index is 0.0178. The average molecular weight is 715 g/mol. The summed E-state index contributed by atoms with van der Waals surface area (Å²) >= 11 is 0. The van der Waals surface area contributed by atoms with Gasteiger partial charge in [-0.3, -0.25) is 0 Å². The van der Waals surface area contributed by atoms with Crippen molar-refractivity contribution in [1.82, 2.24) is 0 Å². The molecule has 0 aliphatic carbocycles. The van der Waals surface area contributed by atoms with E-state index in [1.807, 2.05) is 0 Å². The standard InChI is InChI=1S/C40H42O12/c1-29(49-37(42)30-14-6-2-7-15-30)23-46-25-35(51-39(44)32-18-10-4-11-19-32)27-48-28-36(52-40(45)33-20-12-5-13-21-33)26-47-24-34(22-41)50-38(43)31-16-8-3-9-17-31/h2-21,29,34-36,41H,22-28H2,1H3. The van der Waals surface area contributed by atoms with Crippen molar-refractivity contribution in [3.8, 4) is 0 Å². The number of rotatable bonds is 21. The smallest absolute Gasteiger partial charge is 0.338 e. The van der Waals surface area contributed by atoms with E-state index in [0.717, 1.165) is 0 Å². The molecule has 4 atom stereocenters. The quantitative estimate of drug-likeness (QED) is 0.0918. The number of hydrogen-bond acceptors (Lipinski definition) is 12. The third kappa shape index (κ3) is 13.7. The van der Waals surface area contributed by atoms with Gasteiger partial charge in [0.15, 0.2) is 0 Å². The molecule has 4 rings (SSSR count). The number of esters is 4. The summed E-state index contributed by atoms with van der Waals surface area (Å²) in [5.74, 6) is -2.34. The van der Waals surface area contributed by atoms with Crippen LogP contribution in [0.2, 0.25) is 0 Å². The van der Waals surface area contributed by atoms with Crippen LogP contribution in [0.5, 0.6) is 0 Å². The predicted octanol–water partition coefficient (Wildman–Crippen LogP) is 4.95. The first-order chi connectivity index (χ1) is 25.3. The largest absolute Gasteiger partial charge is 0.457 e. The van der Waals surface area contributed by atoms with Gasteiger partial charge in [-0.25, -0.2) is 19.2 Å². The van der Waals surface area contributed by atoms with Gasteiger partial charge in [-0.1, -0.05) is 72.8 Å². The molecule has 12 heteroatoms. The average Bonchev–Trinajstić information content (AvgIpc) is 3.18. The molecule has 0 aliphatic heterocycles. The van der Waals surface area contributed by atoms with Gasteiger partial charge in [0.05, 0.1) is 68.5 Å². The molecule has 4 aromatic carbocycles. The number of ether oxygens (including phenoxy) is 7. The Morgan fingerprint density at radius 1 is 0.423 bits per heavy atom. The molecule has 274 valence electrons. The topological polar surface area (TPSA) is 153 Å². The van der Waals surface area contributed by atoms with Crippen LogP contribution in [0.3, 0.4) is 0 Å². The van der Waals surface area contributed by atoms with Crippen molar-refractivity contribution in [2.45, 2.75) is 31.3 Å². The SMILES string of the molecule is CC(COCC(COCC(COCC(CO)OC(=O)c1ccccc1)OC(=O)c1ccccc1)OC(=O)c1ccccc1)OC(=O)c1ccccc1. The molecule has 0 radical (unpaired) electrons. The van der Waals surface area contributed by atoms with E-state index < -0.39 is 54.9 Å². The number of benzene rings is 4. The lowest BCUT2D eigenvalue weighted by Gasteiger charge is -2.23. The van der Waals surface area contributed by atoms with Crippen LogP contribution in [0.4, 0.5) is 0 Å². The molecular formula is C40H42O12. The Balaban J connectivity index is 1.34. The Bertz CT molecular complexity index is 1650. The summed E-state index contributed by atoms with van der Waals surface area (Å²) in [6.07, 6.45) is -3.42. The molecule has 0 spiro atoms. The maximum Gasteiger partial charge on any atom is 0.338 e. The lowest BCUT2D eigenvalue weighted by atomic mass is 10.2.